The van der Waals surface area contributed by atoms with Gasteiger partial charge < -0.3 is 20.5 Å². The van der Waals surface area contributed by atoms with Crippen molar-refractivity contribution in [3.05, 3.63) is 22.2 Å². The first-order valence-electron chi connectivity index (χ1n) is 7.16. The van der Waals surface area contributed by atoms with Crippen LogP contribution in [0.5, 0.6) is 5.75 Å². The van der Waals surface area contributed by atoms with Crippen molar-refractivity contribution in [2.45, 2.75) is 33.2 Å². The van der Waals surface area contributed by atoms with Gasteiger partial charge in [0.25, 0.3) is 0 Å². The number of benzene rings is 1. The third kappa shape index (κ3) is 6.15. The number of esters is 1. The molecule has 1 rings (SSSR count). The van der Waals surface area contributed by atoms with E-state index in [4.69, 9.17) is 27.9 Å². The van der Waals surface area contributed by atoms with Gasteiger partial charge in [0.1, 0.15) is 6.04 Å². The molecule has 0 saturated heterocycles. The molecule has 0 aromatic heterocycles. The maximum Gasteiger partial charge on any atom is 0.328 e. The maximum atomic E-state index is 12.1. The van der Waals surface area contributed by atoms with Crippen molar-refractivity contribution in [3.63, 3.8) is 0 Å². The van der Waals surface area contributed by atoms with Gasteiger partial charge in [-0.1, -0.05) is 37.0 Å². The van der Waals surface area contributed by atoms with Crippen LogP contribution in [0.1, 0.15) is 27.2 Å². The van der Waals surface area contributed by atoms with Crippen LogP contribution in [-0.2, 0) is 9.53 Å². The smallest absolute Gasteiger partial charge is 0.328 e. The van der Waals surface area contributed by atoms with Gasteiger partial charge >= 0.3 is 12.0 Å². The molecule has 0 fully saturated rings. The van der Waals surface area contributed by atoms with E-state index in [0.29, 0.717) is 6.42 Å². The SMILES string of the molecule is CCOC(=O)C(CC(C)C)NC(=O)Nc1cc(Cl)cc(Cl)c1O. The summed E-state index contributed by atoms with van der Waals surface area (Å²) in [6.45, 7) is 5.76. The largest absolute Gasteiger partial charge is 0.504 e. The Labute approximate surface area is 145 Å². The maximum absolute atomic E-state index is 12.1. The van der Waals surface area contributed by atoms with Crippen LogP contribution < -0.4 is 10.6 Å². The zero-order valence-electron chi connectivity index (χ0n) is 13.2. The third-order valence-corrected chi connectivity index (χ3v) is 3.37. The van der Waals surface area contributed by atoms with E-state index < -0.39 is 18.0 Å². The Morgan fingerprint density at radius 1 is 1.30 bits per heavy atom. The molecule has 0 radical (unpaired) electrons. The molecule has 8 heteroatoms. The molecule has 0 aliphatic carbocycles. The van der Waals surface area contributed by atoms with E-state index in [-0.39, 0.29) is 34.0 Å². The highest BCUT2D eigenvalue weighted by molar-refractivity contribution is 6.36. The first-order chi connectivity index (χ1) is 10.7. The van der Waals surface area contributed by atoms with Gasteiger partial charge in [-0.3, -0.25) is 0 Å². The summed E-state index contributed by atoms with van der Waals surface area (Å²) in [6.07, 6.45) is 0.425. The first-order valence-corrected chi connectivity index (χ1v) is 7.92. The highest BCUT2D eigenvalue weighted by Gasteiger charge is 2.23. The number of phenols is 1. The van der Waals surface area contributed by atoms with Crippen LogP contribution in [-0.4, -0.2) is 29.8 Å². The molecule has 0 saturated carbocycles. The number of aromatic hydroxyl groups is 1. The Kier molecular flexibility index (Phi) is 7.45. The fourth-order valence-electron chi connectivity index (χ4n) is 1.91. The number of ether oxygens (including phenoxy) is 1. The third-order valence-electron chi connectivity index (χ3n) is 2.86. The zero-order chi connectivity index (χ0) is 17.6. The van der Waals surface area contributed by atoms with Gasteiger partial charge in [-0.15, -0.1) is 0 Å². The lowest BCUT2D eigenvalue weighted by atomic mass is 10.0. The molecule has 23 heavy (non-hydrogen) atoms. The molecule has 0 aliphatic rings. The lowest BCUT2D eigenvalue weighted by molar-refractivity contribution is -0.145. The summed E-state index contributed by atoms with van der Waals surface area (Å²) in [5.41, 5.74) is 0.0483. The van der Waals surface area contributed by atoms with Crippen LogP contribution in [0.4, 0.5) is 10.5 Å². The van der Waals surface area contributed by atoms with E-state index in [2.05, 4.69) is 10.6 Å². The summed E-state index contributed by atoms with van der Waals surface area (Å²) in [4.78, 5) is 23.9. The molecule has 2 amide bonds. The van der Waals surface area contributed by atoms with E-state index in [0.717, 1.165) is 0 Å². The number of carbonyl (C=O) groups excluding carboxylic acids is 2. The van der Waals surface area contributed by atoms with E-state index in [1.165, 1.54) is 12.1 Å². The molecule has 0 bridgehead atoms. The minimum absolute atomic E-state index is 0.0110. The molecule has 0 aliphatic heterocycles. The predicted octanol–water partition coefficient (Wildman–Crippen LogP) is 3.80. The molecule has 0 spiro atoms. The standard InChI is InChI=1S/C15H20Cl2N2O4/c1-4-23-14(21)12(5-8(2)3)19-15(22)18-11-7-9(16)6-10(17)13(11)20/h6-8,12,20H,4-5H2,1-3H3,(H2,18,19,22). The van der Waals surface area contributed by atoms with Crippen LogP contribution in [0.15, 0.2) is 12.1 Å². The number of rotatable bonds is 6. The van der Waals surface area contributed by atoms with Crippen molar-refractivity contribution >= 4 is 40.9 Å². The van der Waals surface area contributed by atoms with E-state index >= 15 is 0 Å². The normalized spacial score (nSPS) is 11.9. The van der Waals surface area contributed by atoms with Gasteiger partial charge in [0, 0.05) is 5.02 Å². The fraction of sp³-hybridized carbons (Fsp3) is 0.467. The van der Waals surface area contributed by atoms with Gasteiger partial charge in [0.05, 0.1) is 17.3 Å². The summed E-state index contributed by atoms with van der Waals surface area (Å²) in [5, 5.41) is 15.0. The van der Waals surface area contributed by atoms with Crippen molar-refractivity contribution in [1.82, 2.24) is 5.32 Å². The molecular weight excluding hydrogens is 343 g/mol. The van der Waals surface area contributed by atoms with Crippen LogP contribution in [0.2, 0.25) is 10.0 Å². The first kappa shape index (κ1) is 19.4. The highest BCUT2D eigenvalue weighted by Crippen LogP contribution is 2.34. The molecule has 128 valence electrons. The number of urea groups is 1. The van der Waals surface area contributed by atoms with Crippen molar-refractivity contribution < 1.29 is 19.4 Å². The van der Waals surface area contributed by atoms with Crippen LogP contribution in [0.3, 0.4) is 0 Å². The predicted molar refractivity (Wildman–Crippen MR) is 90.2 cm³/mol. The summed E-state index contributed by atoms with van der Waals surface area (Å²) in [5.74, 6) is -0.633. The Morgan fingerprint density at radius 3 is 2.52 bits per heavy atom. The molecular formula is C15H20Cl2N2O4. The Morgan fingerprint density at radius 2 is 1.96 bits per heavy atom. The number of hydrogen-bond acceptors (Lipinski definition) is 4. The molecule has 3 N–H and O–H groups in total. The molecule has 6 nitrogen and oxygen atoms in total. The number of anilines is 1. The van der Waals surface area contributed by atoms with Gasteiger partial charge in [-0.25, -0.2) is 9.59 Å². The fourth-order valence-corrected chi connectivity index (χ4v) is 2.40. The van der Waals surface area contributed by atoms with Crippen molar-refractivity contribution in [2.24, 2.45) is 5.92 Å². The zero-order valence-corrected chi connectivity index (χ0v) is 14.7. The van der Waals surface area contributed by atoms with Crippen molar-refractivity contribution in [1.29, 1.82) is 0 Å². The molecule has 1 atom stereocenters. The van der Waals surface area contributed by atoms with Crippen molar-refractivity contribution in [3.8, 4) is 5.75 Å². The molecule has 1 aromatic rings. The number of hydrogen-bond donors (Lipinski definition) is 3. The van der Waals surface area contributed by atoms with Gasteiger partial charge in [0.15, 0.2) is 5.75 Å². The number of nitrogens with one attached hydrogen (secondary N) is 2. The van der Waals surface area contributed by atoms with Gasteiger partial charge in [-0.05, 0) is 31.4 Å². The summed E-state index contributed by atoms with van der Waals surface area (Å²) in [7, 11) is 0. The van der Waals surface area contributed by atoms with Crippen LogP contribution in [0.25, 0.3) is 0 Å². The number of amides is 2. The van der Waals surface area contributed by atoms with Crippen molar-refractivity contribution in [2.75, 3.05) is 11.9 Å². The van der Waals surface area contributed by atoms with Crippen LogP contribution >= 0.6 is 23.2 Å². The second kappa shape index (κ2) is 8.84. The van der Waals surface area contributed by atoms with Gasteiger partial charge in [0.2, 0.25) is 0 Å². The second-order valence-corrected chi connectivity index (χ2v) is 6.16. The van der Waals surface area contributed by atoms with E-state index in [1.807, 2.05) is 13.8 Å². The minimum atomic E-state index is -0.785. The summed E-state index contributed by atoms with van der Waals surface area (Å²) >= 11 is 11.6. The average Bonchev–Trinajstić information content (AvgIpc) is 2.43. The second-order valence-electron chi connectivity index (χ2n) is 5.32. The molecule has 0 heterocycles. The number of halogens is 2. The highest BCUT2D eigenvalue weighted by atomic mass is 35.5. The van der Waals surface area contributed by atoms with Gasteiger partial charge in [-0.2, -0.15) is 0 Å². The number of carbonyl (C=O) groups is 2. The number of phenolic OH excluding ortho intramolecular Hbond substituents is 1. The lowest BCUT2D eigenvalue weighted by Crippen LogP contribution is -2.44. The molecule has 1 unspecified atom stereocenters. The van der Waals surface area contributed by atoms with Crippen LogP contribution in [0, 0.1) is 5.92 Å². The quantitative estimate of drug-likeness (QED) is 0.530. The van der Waals surface area contributed by atoms with E-state index in [1.54, 1.807) is 6.92 Å². The Balaban J connectivity index is 2.81. The Hall–Kier alpha value is -1.66. The lowest BCUT2D eigenvalue weighted by Gasteiger charge is -2.19. The monoisotopic (exact) mass is 362 g/mol. The molecule has 1 aromatic carbocycles. The van der Waals surface area contributed by atoms with E-state index in [9.17, 15) is 14.7 Å². The minimum Gasteiger partial charge on any atom is -0.504 e. The summed E-state index contributed by atoms with van der Waals surface area (Å²) < 4.78 is 4.94. The average molecular weight is 363 g/mol. The topological polar surface area (TPSA) is 87.7 Å². The summed E-state index contributed by atoms with van der Waals surface area (Å²) in [6, 6.07) is 1.25. The Bertz CT molecular complexity index is 579.